The van der Waals surface area contributed by atoms with Gasteiger partial charge in [0.15, 0.2) is 5.11 Å². The summed E-state index contributed by atoms with van der Waals surface area (Å²) in [5, 5.41) is 7.95. The van der Waals surface area contributed by atoms with Gasteiger partial charge >= 0.3 is 5.97 Å². The summed E-state index contributed by atoms with van der Waals surface area (Å²) in [5.74, 6) is -0.270. The first-order valence-electron chi connectivity index (χ1n) is 8.70. The second-order valence-corrected chi connectivity index (χ2v) is 8.44. The van der Waals surface area contributed by atoms with Gasteiger partial charge in [-0.2, -0.15) is 0 Å². The number of aryl methyl sites for hydroxylation is 1. The van der Waals surface area contributed by atoms with Crippen LogP contribution in [0.4, 0.5) is 5.00 Å². The molecule has 1 aliphatic rings. The predicted molar refractivity (Wildman–Crippen MR) is 105 cm³/mol. The summed E-state index contributed by atoms with van der Waals surface area (Å²) in [6, 6.07) is 0. The molecule has 1 aromatic rings. The van der Waals surface area contributed by atoms with E-state index in [0.717, 1.165) is 36.2 Å². The van der Waals surface area contributed by atoms with E-state index in [-0.39, 0.29) is 11.5 Å². The van der Waals surface area contributed by atoms with Gasteiger partial charge in [0.1, 0.15) is 5.00 Å². The minimum atomic E-state index is -0.270. The van der Waals surface area contributed by atoms with Crippen LogP contribution in [-0.2, 0) is 17.6 Å². The Morgan fingerprint density at radius 3 is 2.54 bits per heavy atom. The number of esters is 1. The van der Waals surface area contributed by atoms with Gasteiger partial charge in [0, 0.05) is 10.4 Å². The van der Waals surface area contributed by atoms with Crippen LogP contribution in [0.5, 0.6) is 0 Å². The quantitative estimate of drug-likeness (QED) is 0.597. The van der Waals surface area contributed by atoms with Crippen LogP contribution in [0.25, 0.3) is 0 Å². The standard InChI is InChI=1S/C18H28N2O2S2/c1-5-18(2,3)20-17(23)19-15-14(16(21)22-4)12-10-8-6-7-9-11-13(12)24-15/h5-11H2,1-4H3,(H2,19,20,23). The van der Waals surface area contributed by atoms with Gasteiger partial charge in [0.2, 0.25) is 0 Å². The van der Waals surface area contributed by atoms with Gasteiger partial charge in [-0.1, -0.05) is 19.8 Å². The van der Waals surface area contributed by atoms with Crippen LogP contribution in [0.2, 0.25) is 0 Å². The van der Waals surface area contributed by atoms with Crippen molar-refractivity contribution in [1.29, 1.82) is 0 Å². The Hall–Kier alpha value is -1.14. The van der Waals surface area contributed by atoms with Gasteiger partial charge in [0.05, 0.1) is 12.7 Å². The Morgan fingerprint density at radius 2 is 1.92 bits per heavy atom. The fourth-order valence-electron chi connectivity index (χ4n) is 2.86. The number of hydrogen-bond acceptors (Lipinski definition) is 4. The molecule has 0 bridgehead atoms. The maximum atomic E-state index is 12.4. The van der Waals surface area contributed by atoms with Crippen LogP contribution in [0.1, 0.15) is 73.7 Å². The molecule has 24 heavy (non-hydrogen) atoms. The third kappa shape index (κ3) is 4.70. The highest BCUT2D eigenvalue weighted by Crippen LogP contribution is 2.37. The highest BCUT2D eigenvalue weighted by Gasteiger charge is 2.26. The number of carbonyl (C=O) groups is 1. The van der Waals surface area contributed by atoms with E-state index in [2.05, 4.69) is 31.4 Å². The number of thiocarbonyl (C=S) groups is 1. The summed E-state index contributed by atoms with van der Waals surface area (Å²) in [7, 11) is 1.44. The summed E-state index contributed by atoms with van der Waals surface area (Å²) >= 11 is 7.11. The lowest BCUT2D eigenvalue weighted by Gasteiger charge is -2.26. The lowest BCUT2D eigenvalue weighted by molar-refractivity contribution is 0.0601. The first kappa shape index (κ1) is 19.2. The molecule has 0 spiro atoms. The van der Waals surface area contributed by atoms with Crippen LogP contribution in [0, 0.1) is 0 Å². The molecule has 134 valence electrons. The number of ether oxygens (including phenoxy) is 1. The van der Waals surface area contributed by atoms with E-state index in [0.29, 0.717) is 10.7 Å². The Bertz CT molecular complexity index is 608. The first-order valence-corrected chi connectivity index (χ1v) is 9.92. The third-order valence-corrected chi connectivity index (χ3v) is 6.04. The monoisotopic (exact) mass is 368 g/mol. The van der Waals surface area contributed by atoms with E-state index >= 15 is 0 Å². The minimum absolute atomic E-state index is 0.0820. The van der Waals surface area contributed by atoms with Gasteiger partial charge in [-0.15, -0.1) is 11.3 Å². The molecule has 0 fully saturated rings. The number of rotatable bonds is 4. The summed E-state index contributed by atoms with van der Waals surface area (Å²) in [4.78, 5) is 13.7. The van der Waals surface area contributed by atoms with Crippen LogP contribution in [0.15, 0.2) is 0 Å². The molecular weight excluding hydrogens is 340 g/mol. The minimum Gasteiger partial charge on any atom is -0.465 e. The van der Waals surface area contributed by atoms with Crippen molar-refractivity contribution in [2.24, 2.45) is 0 Å². The molecule has 0 aromatic carbocycles. The maximum Gasteiger partial charge on any atom is 0.341 e. The second kappa shape index (κ2) is 8.30. The SMILES string of the molecule is CCC(C)(C)NC(=S)Nc1sc2c(c1C(=O)OC)CCCCCC2. The second-order valence-electron chi connectivity index (χ2n) is 6.93. The van der Waals surface area contributed by atoms with Crippen LogP contribution in [-0.4, -0.2) is 23.7 Å². The molecule has 4 nitrogen and oxygen atoms in total. The highest BCUT2D eigenvalue weighted by molar-refractivity contribution is 7.80. The van der Waals surface area contributed by atoms with Crippen molar-refractivity contribution in [2.45, 2.75) is 71.3 Å². The average molecular weight is 369 g/mol. The molecule has 2 rings (SSSR count). The van der Waals surface area contributed by atoms with Crippen molar-refractivity contribution in [3.8, 4) is 0 Å². The molecule has 1 aliphatic carbocycles. The van der Waals surface area contributed by atoms with Crippen molar-refractivity contribution in [1.82, 2.24) is 5.32 Å². The van der Waals surface area contributed by atoms with Crippen LogP contribution >= 0.6 is 23.6 Å². The van der Waals surface area contributed by atoms with Gasteiger partial charge in [0.25, 0.3) is 0 Å². The van der Waals surface area contributed by atoms with E-state index < -0.39 is 0 Å². The summed E-state index contributed by atoms with van der Waals surface area (Å²) < 4.78 is 5.04. The summed E-state index contributed by atoms with van der Waals surface area (Å²) in [5.41, 5.74) is 1.76. The van der Waals surface area contributed by atoms with Gasteiger partial charge in [-0.3, -0.25) is 0 Å². The van der Waals surface area contributed by atoms with Crippen molar-refractivity contribution in [3.63, 3.8) is 0 Å². The van der Waals surface area contributed by atoms with E-state index in [4.69, 9.17) is 17.0 Å². The smallest absolute Gasteiger partial charge is 0.341 e. The molecule has 0 radical (unpaired) electrons. The number of fused-ring (bicyclic) bond motifs is 1. The van der Waals surface area contributed by atoms with Crippen molar-refractivity contribution < 1.29 is 9.53 Å². The van der Waals surface area contributed by atoms with Crippen molar-refractivity contribution in [3.05, 3.63) is 16.0 Å². The molecule has 0 atom stereocenters. The van der Waals surface area contributed by atoms with Gasteiger partial charge in [-0.25, -0.2) is 4.79 Å². The number of carbonyl (C=O) groups excluding carboxylic acids is 1. The number of methoxy groups -OCH3 is 1. The maximum absolute atomic E-state index is 12.4. The molecule has 6 heteroatoms. The van der Waals surface area contributed by atoms with E-state index in [9.17, 15) is 4.79 Å². The molecular formula is C18H28N2O2S2. The topological polar surface area (TPSA) is 50.4 Å². The number of nitrogens with one attached hydrogen (secondary N) is 2. The highest BCUT2D eigenvalue weighted by atomic mass is 32.1. The molecule has 2 N–H and O–H groups in total. The van der Waals surface area contributed by atoms with E-state index in [1.54, 1.807) is 11.3 Å². The van der Waals surface area contributed by atoms with Crippen LogP contribution < -0.4 is 10.6 Å². The fourth-order valence-corrected chi connectivity index (χ4v) is 4.58. The normalized spacial score (nSPS) is 15.0. The molecule has 1 aromatic heterocycles. The Kier molecular flexibility index (Phi) is 6.63. The fraction of sp³-hybridized carbons (Fsp3) is 0.667. The first-order chi connectivity index (χ1) is 11.4. The van der Waals surface area contributed by atoms with Crippen LogP contribution in [0.3, 0.4) is 0 Å². The number of anilines is 1. The Balaban J connectivity index is 2.29. The van der Waals surface area contributed by atoms with Crippen molar-refractivity contribution >= 4 is 39.6 Å². The Labute approximate surface area is 154 Å². The largest absolute Gasteiger partial charge is 0.465 e. The Morgan fingerprint density at radius 1 is 1.25 bits per heavy atom. The zero-order valence-corrected chi connectivity index (χ0v) is 16.7. The predicted octanol–water partition coefficient (Wildman–Crippen LogP) is 4.67. The van der Waals surface area contributed by atoms with Crippen molar-refractivity contribution in [2.75, 3.05) is 12.4 Å². The molecule has 0 saturated carbocycles. The molecule has 0 aliphatic heterocycles. The van der Waals surface area contributed by atoms with Gasteiger partial charge in [-0.05, 0) is 63.7 Å². The lowest BCUT2D eigenvalue weighted by Crippen LogP contribution is -2.44. The van der Waals surface area contributed by atoms with E-state index in [1.807, 2.05) is 0 Å². The molecule has 1 heterocycles. The van der Waals surface area contributed by atoms with E-state index in [1.165, 1.54) is 31.2 Å². The summed E-state index contributed by atoms with van der Waals surface area (Å²) in [6.07, 6.45) is 7.73. The molecule has 0 unspecified atom stereocenters. The lowest BCUT2D eigenvalue weighted by atomic mass is 9.96. The number of hydrogen-bond donors (Lipinski definition) is 2. The molecule has 0 amide bonds. The zero-order valence-electron chi connectivity index (χ0n) is 15.1. The molecule has 0 saturated heterocycles. The van der Waals surface area contributed by atoms with Gasteiger partial charge < -0.3 is 15.4 Å². The zero-order chi connectivity index (χ0) is 17.7. The summed E-state index contributed by atoms with van der Waals surface area (Å²) in [6.45, 7) is 6.33. The average Bonchev–Trinajstić information content (AvgIpc) is 2.82. The third-order valence-electron chi connectivity index (χ3n) is 4.62. The number of thiophene rings is 1.